The average molecular weight is 277 g/mol. The third-order valence-electron chi connectivity index (χ3n) is 2.73. The molecule has 110 valence electrons. The second kappa shape index (κ2) is 7.68. The molecule has 0 saturated carbocycles. The first-order valence-corrected chi connectivity index (χ1v) is 6.88. The fraction of sp³-hybridized carbons (Fsp3) is 0.500. The molecule has 0 aliphatic carbocycles. The number of amides is 1. The molecule has 0 fully saturated rings. The molecule has 1 atom stereocenters. The summed E-state index contributed by atoms with van der Waals surface area (Å²) in [6.07, 6.45) is 2.17. The topological polar surface area (TPSA) is 55.4 Å². The van der Waals surface area contributed by atoms with E-state index in [4.69, 9.17) is 4.74 Å². The average Bonchev–Trinajstić information content (AvgIpc) is 2.35. The van der Waals surface area contributed by atoms with Crippen molar-refractivity contribution in [3.8, 4) is 0 Å². The van der Waals surface area contributed by atoms with Gasteiger partial charge in [-0.05, 0) is 39.2 Å². The van der Waals surface area contributed by atoms with Crippen molar-refractivity contribution >= 4 is 12.4 Å². The molecule has 0 spiro atoms. The Labute approximate surface area is 120 Å². The van der Waals surface area contributed by atoms with Crippen molar-refractivity contribution in [1.82, 2.24) is 5.32 Å². The van der Waals surface area contributed by atoms with E-state index in [9.17, 15) is 9.59 Å². The molecule has 0 aliphatic heterocycles. The van der Waals surface area contributed by atoms with Crippen LogP contribution >= 0.6 is 0 Å². The quantitative estimate of drug-likeness (QED) is 0.813. The Bertz CT molecular complexity index is 423. The summed E-state index contributed by atoms with van der Waals surface area (Å²) in [6, 6.07) is 9.79. The number of benzene rings is 1. The molecule has 0 heterocycles. The maximum absolute atomic E-state index is 11.7. The third-order valence-corrected chi connectivity index (χ3v) is 2.73. The van der Waals surface area contributed by atoms with Gasteiger partial charge in [0.05, 0.1) is 0 Å². The molecule has 4 heteroatoms. The number of aryl methyl sites for hydroxylation is 1. The minimum atomic E-state index is -0.532. The van der Waals surface area contributed by atoms with E-state index in [0.29, 0.717) is 12.8 Å². The highest BCUT2D eigenvalue weighted by atomic mass is 16.6. The molecule has 0 aliphatic rings. The highest BCUT2D eigenvalue weighted by molar-refractivity contribution is 5.68. The minimum absolute atomic E-state index is 0.192. The SMILES string of the molecule is CC(C)(C)OC(=O)NC(CC=O)CCc1ccccc1. The highest BCUT2D eigenvalue weighted by Crippen LogP contribution is 2.10. The van der Waals surface area contributed by atoms with E-state index < -0.39 is 11.7 Å². The van der Waals surface area contributed by atoms with Gasteiger partial charge in [0.1, 0.15) is 11.9 Å². The van der Waals surface area contributed by atoms with Crippen molar-refractivity contribution in [3.05, 3.63) is 35.9 Å². The summed E-state index contributed by atoms with van der Waals surface area (Å²) in [5.74, 6) is 0. The largest absolute Gasteiger partial charge is 0.444 e. The lowest BCUT2D eigenvalue weighted by Crippen LogP contribution is -2.39. The Balaban J connectivity index is 2.48. The van der Waals surface area contributed by atoms with E-state index in [1.54, 1.807) is 0 Å². The van der Waals surface area contributed by atoms with E-state index in [2.05, 4.69) is 5.32 Å². The van der Waals surface area contributed by atoms with E-state index in [0.717, 1.165) is 12.7 Å². The van der Waals surface area contributed by atoms with E-state index >= 15 is 0 Å². The molecule has 0 saturated heterocycles. The van der Waals surface area contributed by atoms with Crippen LogP contribution in [-0.4, -0.2) is 24.0 Å². The maximum Gasteiger partial charge on any atom is 0.407 e. The Morgan fingerprint density at radius 3 is 2.50 bits per heavy atom. The molecule has 1 rings (SSSR count). The van der Waals surface area contributed by atoms with Crippen molar-refractivity contribution in [1.29, 1.82) is 0 Å². The minimum Gasteiger partial charge on any atom is -0.444 e. The fourth-order valence-electron chi connectivity index (χ4n) is 1.82. The molecular weight excluding hydrogens is 254 g/mol. The van der Waals surface area contributed by atoms with Gasteiger partial charge in [-0.2, -0.15) is 0 Å². The van der Waals surface area contributed by atoms with Crippen molar-refractivity contribution in [3.63, 3.8) is 0 Å². The zero-order valence-corrected chi connectivity index (χ0v) is 12.4. The van der Waals surface area contributed by atoms with Crippen molar-refractivity contribution in [2.45, 2.75) is 51.7 Å². The van der Waals surface area contributed by atoms with Gasteiger partial charge < -0.3 is 14.8 Å². The van der Waals surface area contributed by atoms with E-state index in [-0.39, 0.29) is 6.04 Å². The molecule has 1 aromatic rings. The van der Waals surface area contributed by atoms with Crippen molar-refractivity contribution in [2.24, 2.45) is 0 Å². The number of carbonyl (C=O) groups is 2. The second-order valence-electron chi connectivity index (χ2n) is 5.77. The number of hydrogen-bond acceptors (Lipinski definition) is 3. The molecule has 1 amide bonds. The first-order valence-electron chi connectivity index (χ1n) is 6.88. The summed E-state index contributed by atoms with van der Waals surface area (Å²) in [5.41, 5.74) is 0.657. The summed E-state index contributed by atoms with van der Waals surface area (Å²) >= 11 is 0. The molecule has 1 N–H and O–H groups in total. The second-order valence-corrected chi connectivity index (χ2v) is 5.77. The van der Waals surface area contributed by atoms with Crippen LogP contribution in [-0.2, 0) is 16.0 Å². The van der Waals surface area contributed by atoms with Crippen molar-refractivity contribution < 1.29 is 14.3 Å². The molecule has 0 radical (unpaired) electrons. The van der Waals surface area contributed by atoms with Gasteiger partial charge in [-0.3, -0.25) is 0 Å². The number of nitrogens with one attached hydrogen (secondary N) is 1. The Hall–Kier alpha value is -1.84. The van der Waals surface area contributed by atoms with Crippen LogP contribution in [0.2, 0.25) is 0 Å². The van der Waals surface area contributed by atoms with Crippen LogP contribution in [0.3, 0.4) is 0 Å². The summed E-state index contributed by atoms with van der Waals surface area (Å²) in [5, 5.41) is 2.75. The smallest absolute Gasteiger partial charge is 0.407 e. The molecular formula is C16H23NO3. The molecule has 0 bridgehead atoms. The number of alkyl carbamates (subject to hydrolysis) is 1. The number of ether oxygens (including phenoxy) is 1. The van der Waals surface area contributed by atoms with Crippen molar-refractivity contribution in [2.75, 3.05) is 0 Å². The summed E-state index contributed by atoms with van der Waals surface area (Å²) in [7, 11) is 0. The zero-order chi connectivity index (χ0) is 15.0. The van der Waals surface area contributed by atoms with Gasteiger partial charge in [-0.25, -0.2) is 4.79 Å². The number of aldehydes is 1. The number of carbonyl (C=O) groups excluding carboxylic acids is 2. The first kappa shape index (κ1) is 16.2. The van der Waals surface area contributed by atoms with Crippen LogP contribution in [0.5, 0.6) is 0 Å². The van der Waals surface area contributed by atoms with E-state index in [1.807, 2.05) is 51.1 Å². The Morgan fingerprint density at radius 1 is 1.30 bits per heavy atom. The predicted octanol–water partition coefficient (Wildman–Crippen LogP) is 3.10. The maximum atomic E-state index is 11.7. The van der Waals surface area contributed by atoms with E-state index in [1.165, 1.54) is 5.56 Å². The van der Waals surface area contributed by atoms with Crippen LogP contribution in [0.4, 0.5) is 4.79 Å². The van der Waals surface area contributed by atoms with Crippen LogP contribution < -0.4 is 5.32 Å². The number of hydrogen-bond donors (Lipinski definition) is 1. The Kier molecular flexibility index (Phi) is 6.22. The van der Waals surface area contributed by atoms with Gasteiger partial charge in [0.25, 0.3) is 0 Å². The first-order chi connectivity index (χ1) is 9.40. The number of rotatable bonds is 6. The molecule has 1 unspecified atom stereocenters. The Morgan fingerprint density at radius 2 is 1.95 bits per heavy atom. The lowest BCUT2D eigenvalue weighted by atomic mass is 10.0. The summed E-state index contributed by atoms with van der Waals surface area (Å²) < 4.78 is 5.20. The fourth-order valence-corrected chi connectivity index (χ4v) is 1.82. The zero-order valence-electron chi connectivity index (χ0n) is 12.4. The van der Waals surface area contributed by atoms with Gasteiger partial charge in [0.2, 0.25) is 0 Å². The van der Waals surface area contributed by atoms with Crippen LogP contribution in [0.1, 0.15) is 39.2 Å². The van der Waals surface area contributed by atoms with Crippen LogP contribution in [0, 0.1) is 0 Å². The summed E-state index contributed by atoms with van der Waals surface area (Å²) in [4.78, 5) is 22.4. The van der Waals surface area contributed by atoms with Gasteiger partial charge in [-0.1, -0.05) is 30.3 Å². The predicted molar refractivity (Wildman–Crippen MR) is 78.6 cm³/mol. The van der Waals surface area contributed by atoms with Crippen LogP contribution in [0.25, 0.3) is 0 Å². The van der Waals surface area contributed by atoms with Gasteiger partial charge >= 0.3 is 6.09 Å². The summed E-state index contributed by atoms with van der Waals surface area (Å²) in [6.45, 7) is 5.43. The standard InChI is InChI=1S/C16H23NO3/c1-16(2,3)20-15(19)17-14(11-12-18)10-9-13-7-5-4-6-8-13/h4-8,12,14H,9-11H2,1-3H3,(H,17,19). The third kappa shape index (κ3) is 6.92. The normalized spacial score (nSPS) is 12.6. The monoisotopic (exact) mass is 277 g/mol. The lowest BCUT2D eigenvalue weighted by Gasteiger charge is -2.22. The van der Waals surface area contributed by atoms with Gasteiger partial charge in [0, 0.05) is 12.5 Å². The lowest BCUT2D eigenvalue weighted by molar-refractivity contribution is -0.108. The highest BCUT2D eigenvalue weighted by Gasteiger charge is 2.19. The molecule has 1 aromatic carbocycles. The van der Waals surface area contributed by atoms with Gasteiger partial charge in [0.15, 0.2) is 0 Å². The molecule has 0 aromatic heterocycles. The molecule has 20 heavy (non-hydrogen) atoms. The van der Waals surface area contributed by atoms with Crippen LogP contribution in [0.15, 0.2) is 30.3 Å². The van der Waals surface area contributed by atoms with Gasteiger partial charge in [-0.15, -0.1) is 0 Å². The molecule has 4 nitrogen and oxygen atoms in total.